The van der Waals surface area contributed by atoms with E-state index in [1.807, 2.05) is 6.92 Å². The number of rotatable bonds is 4. The van der Waals surface area contributed by atoms with Crippen molar-refractivity contribution in [1.82, 2.24) is 25.6 Å². The van der Waals surface area contributed by atoms with Gasteiger partial charge in [0, 0.05) is 11.6 Å². The summed E-state index contributed by atoms with van der Waals surface area (Å²) in [5, 5.41) is 16.4. The molecule has 0 aliphatic heterocycles. The van der Waals surface area contributed by atoms with Gasteiger partial charge in [-0.2, -0.15) is 23.4 Å². The summed E-state index contributed by atoms with van der Waals surface area (Å²) >= 11 is 0. The first-order valence-electron chi connectivity index (χ1n) is 6.56. The molecular formula is C13H11F3N6O. The van der Waals surface area contributed by atoms with Crippen LogP contribution in [0.15, 0.2) is 34.9 Å². The Morgan fingerprint density at radius 1 is 1.22 bits per heavy atom. The number of nitrogens with zero attached hydrogens (tertiary/aromatic N) is 4. The first kappa shape index (κ1) is 15.0. The molecule has 120 valence electrons. The first-order valence-corrected chi connectivity index (χ1v) is 6.56. The van der Waals surface area contributed by atoms with Crippen LogP contribution < -0.4 is 5.32 Å². The zero-order chi connectivity index (χ0) is 16.4. The Bertz CT molecular complexity index is 766. The van der Waals surface area contributed by atoms with Crippen LogP contribution in [0.5, 0.6) is 0 Å². The Balaban J connectivity index is 1.71. The molecule has 0 unspecified atom stereocenters. The van der Waals surface area contributed by atoms with Crippen molar-refractivity contribution >= 4 is 11.7 Å². The molecule has 0 spiro atoms. The predicted octanol–water partition coefficient (Wildman–Crippen LogP) is 3.10. The van der Waals surface area contributed by atoms with E-state index < -0.39 is 11.9 Å². The minimum absolute atomic E-state index is 0.0682. The highest BCUT2D eigenvalue weighted by atomic mass is 19.4. The van der Waals surface area contributed by atoms with E-state index in [1.54, 1.807) is 24.3 Å². The first-order chi connectivity index (χ1) is 10.9. The standard InChI is InChI=1S/C13H11F3N6O/c1-7(11-19-21-22-20-11)8-2-4-9(5-3-8)17-12-18-10(6-23-12)13(14,15)16/h2-7H,1H3,(H,17,18)(H,19,20,21,22)/t7-/m1/s1. The Labute approximate surface area is 127 Å². The van der Waals surface area contributed by atoms with Gasteiger partial charge in [-0.05, 0) is 17.7 Å². The third-order valence-corrected chi connectivity index (χ3v) is 3.21. The van der Waals surface area contributed by atoms with Gasteiger partial charge in [0.15, 0.2) is 11.5 Å². The highest BCUT2D eigenvalue weighted by Crippen LogP contribution is 2.30. The van der Waals surface area contributed by atoms with E-state index in [9.17, 15) is 13.2 Å². The van der Waals surface area contributed by atoms with Crippen molar-refractivity contribution in [2.45, 2.75) is 19.0 Å². The second kappa shape index (κ2) is 5.71. The molecule has 3 aromatic rings. The lowest BCUT2D eigenvalue weighted by Crippen LogP contribution is -2.05. The summed E-state index contributed by atoms with van der Waals surface area (Å²) in [6.07, 6.45) is -3.97. The number of aromatic amines is 1. The molecule has 0 radical (unpaired) electrons. The number of oxazole rings is 1. The van der Waals surface area contributed by atoms with Gasteiger partial charge in [0.1, 0.15) is 6.26 Å². The molecule has 0 amide bonds. The number of halogens is 3. The van der Waals surface area contributed by atoms with Gasteiger partial charge in [0.05, 0.1) is 0 Å². The topological polar surface area (TPSA) is 92.5 Å². The molecule has 2 heterocycles. The zero-order valence-electron chi connectivity index (χ0n) is 11.8. The Hall–Kier alpha value is -2.91. The molecule has 3 rings (SSSR count). The van der Waals surface area contributed by atoms with E-state index in [1.165, 1.54) is 0 Å². The van der Waals surface area contributed by atoms with Gasteiger partial charge in [-0.1, -0.05) is 24.3 Å². The van der Waals surface area contributed by atoms with Crippen LogP contribution in [0.1, 0.15) is 29.9 Å². The van der Waals surface area contributed by atoms with Gasteiger partial charge in [0.25, 0.3) is 6.01 Å². The summed E-state index contributed by atoms with van der Waals surface area (Å²) in [7, 11) is 0. The summed E-state index contributed by atoms with van der Waals surface area (Å²) < 4.78 is 42.1. The molecule has 1 aromatic carbocycles. The van der Waals surface area contributed by atoms with Gasteiger partial charge in [-0.25, -0.2) is 0 Å². The normalized spacial score (nSPS) is 13.0. The quantitative estimate of drug-likeness (QED) is 0.766. The van der Waals surface area contributed by atoms with E-state index in [2.05, 4.69) is 30.9 Å². The summed E-state index contributed by atoms with van der Waals surface area (Å²) in [4.78, 5) is 3.34. The minimum atomic E-state index is -4.53. The molecule has 23 heavy (non-hydrogen) atoms. The fourth-order valence-corrected chi connectivity index (χ4v) is 1.94. The Kier molecular flexibility index (Phi) is 3.72. The number of H-pyrrole nitrogens is 1. The molecule has 10 heteroatoms. The number of aromatic nitrogens is 5. The van der Waals surface area contributed by atoms with Crippen LogP contribution >= 0.6 is 0 Å². The number of hydrogen-bond donors (Lipinski definition) is 2. The Morgan fingerprint density at radius 2 is 1.96 bits per heavy atom. The summed E-state index contributed by atoms with van der Waals surface area (Å²) in [6, 6.07) is 6.78. The van der Waals surface area contributed by atoms with Gasteiger partial charge in [0.2, 0.25) is 0 Å². The third kappa shape index (κ3) is 3.30. The Morgan fingerprint density at radius 3 is 2.52 bits per heavy atom. The van der Waals surface area contributed by atoms with E-state index in [4.69, 9.17) is 4.42 Å². The molecule has 0 saturated carbocycles. The fraction of sp³-hybridized carbons (Fsp3) is 0.231. The van der Waals surface area contributed by atoms with Gasteiger partial charge >= 0.3 is 6.18 Å². The van der Waals surface area contributed by atoms with Crippen LogP contribution in [0.2, 0.25) is 0 Å². The maximum Gasteiger partial charge on any atom is 0.436 e. The molecule has 0 fully saturated rings. The summed E-state index contributed by atoms with van der Waals surface area (Å²) in [5.41, 5.74) is 0.396. The number of tetrazole rings is 1. The highest BCUT2D eigenvalue weighted by Gasteiger charge is 2.34. The number of alkyl halides is 3. The van der Waals surface area contributed by atoms with Crippen LogP contribution in [0, 0.1) is 0 Å². The SMILES string of the molecule is C[C@H](c1ccc(Nc2nc(C(F)(F)F)co2)cc1)c1nn[nH]n1. The fourth-order valence-electron chi connectivity index (χ4n) is 1.94. The molecule has 0 aliphatic carbocycles. The van der Waals surface area contributed by atoms with Crippen molar-refractivity contribution in [2.75, 3.05) is 5.32 Å². The lowest BCUT2D eigenvalue weighted by molar-refractivity contribution is -0.141. The van der Waals surface area contributed by atoms with Crippen LogP contribution in [-0.4, -0.2) is 25.6 Å². The van der Waals surface area contributed by atoms with E-state index in [-0.39, 0.29) is 11.9 Å². The van der Waals surface area contributed by atoms with Crippen molar-refractivity contribution in [2.24, 2.45) is 0 Å². The number of benzene rings is 1. The van der Waals surface area contributed by atoms with E-state index >= 15 is 0 Å². The van der Waals surface area contributed by atoms with Crippen molar-refractivity contribution < 1.29 is 17.6 Å². The van der Waals surface area contributed by atoms with Crippen LogP contribution in [0.4, 0.5) is 24.9 Å². The van der Waals surface area contributed by atoms with Crippen molar-refractivity contribution in [3.8, 4) is 0 Å². The second-order valence-electron chi connectivity index (χ2n) is 4.77. The largest absolute Gasteiger partial charge is 0.436 e. The maximum atomic E-state index is 12.4. The lowest BCUT2D eigenvalue weighted by Gasteiger charge is -2.08. The van der Waals surface area contributed by atoms with Crippen molar-refractivity contribution in [1.29, 1.82) is 0 Å². The molecule has 2 aromatic heterocycles. The van der Waals surface area contributed by atoms with E-state index in [0.717, 1.165) is 5.56 Å². The van der Waals surface area contributed by atoms with Gasteiger partial charge in [-0.15, -0.1) is 10.2 Å². The summed E-state index contributed by atoms with van der Waals surface area (Å²) in [6.45, 7) is 1.91. The average molecular weight is 324 g/mol. The van der Waals surface area contributed by atoms with Gasteiger partial charge < -0.3 is 9.73 Å². The number of hydrogen-bond acceptors (Lipinski definition) is 6. The average Bonchev–Trinajstić information content (AvgIpc) is 3.18. The van der Waals surface area contributed by atoms with Crippen molar-refractivity contribution in [3.05, 3.63) is 47.6 Å². The predicted molar refractivity (Wildman–Crippen MR) is 72.9 cm³/mol. The minimum Gasteiger partial charge on any atom is -0.431 e. The second-order valence-corrected chi connectivity index (χ2v) is 4.77. The number of nitrogens with one attached hydrogen (secondary N) is 2. The smallest absolute Gasteiger partial charge is 0.431 e. The maximum absolute atomic E-state index is 12.4. The molecule has 2 N–H and O–H groups in total. The lowest BCUT2D eigenvalue weighted by atomic mass is 10.0. The molecule has 0 saturated heterocycles. The summed E-state index contributed by atoms with van der Waals surface area (Å²) in [5.74, 6) is 0.481. The van der Waals surface area contributed by atoms with Gasteiger partial charge in [-0.3, -0.25) is 0 Å². The molecule has 0 aliphatic rings. The molecule has 0 bridgehead atoms. The van der Waals surface area contributed by atoms with Crippen molar-refractivity contribution in [3.63, 3.8) is 0 Å². The molecular weight excluding hydrogens is 313 g/mol. The number of anilines is 2. The van der Waals surface area contributed by atoms with E-state index in [0.29, 0.717) is 17.8 Å². The van der Waals surface area contributed by atoms with Crippen LogP contribution in [0.25, 0.3) is 0 Å². The third-order valence-electron chi connectivity index (χ3n) is 3.21. The zero-order valence-corrected chi connectivity index (χ0v) is 11.8. The highest BCUT2D eigenvalue weighted by molar-refractivity contribution is 5.53. The molecule has 1 atom stereocenters. The van der Waals surface area contributed by atoms with Crippen LogP contribution in [-0.2, 0) is 6.18 Å². The monoisotopic (exact) mass is 324 g/mol. The molecule has 7 nitrogen and oxygen atoms in total. The van der Waals surface area contributed by atoms with Crippen LogP contribution in [0.3, 0.4) is 0 Å².